The van der Waals surface area contributed by atoms with Crippen LogP contribution in [0.1, 0.15) is 17.9 Å². The molecular formula is C14H22ClN5O3S. The quantitative estimate of drug-likeness (QED) is 0.566. The molecule has 0 atom stereocenters. The highest BCUT2D eigenvalue weighted by molar-refractivity contribution is 7.89. The molecule has 10 heteroatoms. The summed E-state index contributed by atoms with van der Waals surface area (Å²) in [6, 6.07) is 7.06. The second kappa shape index (κ2) is 9.58. The Morgan fingerprint density at radius 3 is 2.50 bits per heavy atom. The van der Waals surface area contributed by atoms with Gasteiger partial charge < -0.3 is 15.1 Å². The lowest BCUT2D eigenvalue weighted by molar-refractivity contribution is 0.489. The summed E-state index contributed by atoms with van der Waals surface area (Å²) in [6.45, 7) is 3.26. The first-order valence-corrected chi connectivity index (χ1v) is 8.77. The molecule has 1 aromatic heterocycles. The minimum atomic E-state index is -3.46. The van der Waals surface area contributed by atoms with Crippen LogP contribution in [-0.2, 0) is 16.6 Å². The van der Waals surface area contributed by atoms with Gasteiger partial charge in [0.05, 0.1) is 11.4 Å². The highest BCUT2D eigenvalue weighted by Crippen LogP contribution is 2.09. The number of nitrogens with one attached hydrogen (secondary N) is 3. The Kier molecular flexibility index (Phi) is 8.13. The van der Waals surface area contributed by atoms with Gasteiger partial charge in [-0.2, -0.15) is 0 Å². The number of hydrogen-bond acceptors (Lipinski definition) is 7. The van der Waals surface area contributed by atoms with Crippen LogP contribution in [0.4, 0.5) is 6.01 Å². The van der Waals surface area contributed by atoms with E-state index in [0.717, 1.165) is 5.56 Å². The standard InChI is InChI=1S/C14H21N5O3S.ClH/c1-11-4-6-12(7-5-11)23(20,21)17-9-3-8-16-14-19-18-13(22-14)10-15-2;/h4-7,15,17H,3,8-10H2,1-2H3,(H,16,19);1H. The number of aryl methyl sites for hydroxylation is 1. The highest BCUT2D eigenvalue weighted by atomic mass is 35.5. The van der Waals surface area contributed by atoms with Crippen molar-refractivity contribution in [2.75, 3.05) is 25.5 Å². The van der Waals surface area contributed by atoms with E-state index in [-0.39, 0.29) is 17.3 Å². The molecule has 0 unspecified atom stereocenters. The number of rotatable bonds is 9. The van der Waals surface area contributed by atoms with Crippen molar-refractivity contribution in [3.63, 3.8) is 0 Å². The van der Waals surface area contributed by atoms with Crippen molar-refractivity contribution in [1.82, 2.24) is 20.2 Å². The lowest BCUT2D eigenvalue weighted by Crippen LogP contribution is -2.26. The molecule has 8 nitrogen and oxygen atoms in total. The van der Waals surface area contributed by atoms with Crippen molar-refractivity contribution in [3.8, 4) is 0 Å². The molecule has 3 N–H and O–H groups in total. The minimum absolute atomic E-state index is 0. The lowest BCUT2D eigenvalue weighted by Gasteiger charge is -2.07. The molecule has 2 rings (SSSR count). The van der Waals surface area contributed by atoms with Gasteiger partial charge in [-0.15, -0.1) is 17.5 Å². The van der Waals surface area contributed by atoms with Crippen LogP contribution < -0.4 is 15.4 Å². The third-order valence-corrected chi connectivity index (χ3v) is 4.52. The molecule has 0 bridgehead atoms. The molecular weight excluding hydrogens is 354 g/mol. The van der Waals surface area contributed by atoms with E-state index >= 15 is 0 Å². The van der Waals surface area contributed by atoms with Gasteiger partial charge in [-0.1, -0.05) is 22.8 Å². The second-order valence-corrected chi connectivity index (χ2v) is 6.79. The predicted molar refractivity (Wildman–Crippen MR) is 93.8 cm³/mol. The minimum Gasteiger partial charge on any atom is -0.407 e. The summed E-state index contributed by atoms with van der Waals surface area (Å²) in [5.41, 5.74) is 1.02. The van der Waals surface area contributed by atoms with Crippen LogP contribution in [0.25, 0.3) is 0 Å². The van der Waals surface area contributed by atoms with E-state index in [1.165, 1.54) is 0 Å². The molecule has 0 fully saturated rings. The number of hydrogen-bond donors (Lipinski definition) is 3. The van der Waals surface area contributed by atoms with Crippen LogP contribution in [0.5, 0.6) is 0 Å². The number of anilines is 1. The smallest absolute Gasteiger partial charge is 0.315 e. The molecule has 1 heterocycles. The third-order valence-electron chi connectivity index (χ3n) is 3.05. The zero-order valence-electron chi connectivity index (χ0n) is 13.6. The molecule has 0 aliphatic carbocycles. The first-order valence-electron chi connectivity index (χ1n) is 7.28. The number of aromatic nitrogens is 2. The van der Waals surface area contributed by atoms with Gasteiger partial charge in [0.15, 0.2) is 0 Å². The number of halogens is 1. The zero-order valence-corrected chi connectivity index (χ0v) is 15.2. The Morgan fingerprint density at radius 1 is 1.12 bits per heavy atom. The van der Waals surface area contributed by atoms with Gasteiger partial charge in [0.1, 0.15) is 0 Å². The molecule has 0 saturated heterocycles. The normalized spacial score (nSPS) is 11.1. The highest BCUT2D eigenvalue weighted by Gasteiger charge is 2.12. The summed E-state index contributed by atoms with van der Waals surface area (Å²) in [7, 11) is -1.67. The van der Waals surface area contributed by atoms with Gasteiger partial charge in [-0.05, 0) is 32.5 Å². The Bertz CT molecular complexity index is 718. The fraction of sp³-hybridized carbons (Fsp3) is 0.429. The lowest BCUT2D eigenvalue weighted by atomic mass is 10.2. The number of nitrogens with zero attached hydrogens (tertiary/aromatic N) is 2. The van der Waals surface area contributed by atoms with Crippen molar-refractivity contribution in [2.45, 2.75) is 24.8 Å². The molecule has 134 valence electrons. The first kappa shape index (κ1) is 20.4. The summed E-state index contributed by atoms with van der Waals surface area (Å²) < 4.78 is 32.0. The van der Waals surface area contributed by atoms with Gasteiger partial charge >= 0.3 is 6.01 Å². The van der Waals surface area contributed by atoms with E-state index in [0.29, 0.717) is 38.0 Å². The predicted octanol–water partition coefficient (Wildman–Crippen LogP) is 1.30. The van der Waals surface area contributed by atoms with Crippen molar-refractivity contribution in [3.05, 3.63) is 35.7 Å². The monoisotopic (exact) mass is 375 g/mol. The molecule has 1 aromatic carbocycles. The van der Waals surface area contributed by atoms with E-state index in [1.807, 2.05) is 6.92 Å². The van der Waals surface area contributed by atoms with Gasteiger partial charge in [0, 0.05) is 13.1 Å². The first-order chi connectivity index (χ1) is 11.0. The average Bonchev–Trinajstić information content (AvgIpc) is 2.95. The van der Waals surface area contributed by atoms with Crippen LogP contribution >= 0.6 is 12.4 Å². The second-order valence-electron chi connectivity index (χ2n) is 5.02. The van der Waals surface area contributed by atoms with Crippen LogP contribution in [-0.4, -0.2) is 38.8 Å². The Hall–Kier alpha value is -1.68. The maximum absolute atomic E-state index is 12.1. The molecule has 0 aliphatic heterocycles. The summed E-state index contributed by atoms with van der Waals surface area (Å²) in [4.78, 5) is 0.268. The van der Waals surface area contributed by atoms with Crippen LogP contribution in [0, 0.1) is 6.92 Å². The summed E-state index contributed by atoms with van der Waals surface area (Å²) in [5, 5.41) is 13.5. The topological polar surface area (TPSA) is 109 Å². The Morgan fingerprint density at radius 2 is 1.83 bits per heavy atom. The van der Waals surface area contributed by atoms with E-state index in [9.17, 15) is 8.42 Å². The Labute approximate surface area is 147 Å². The summed E-state index contributed by atoms with van der Waals surface area (Å²) >= 11 is 0. The SMILES string of the molecule is CNCc1nnc(NCCCNS(=O)(=O)c2ccc(C)cc2)o1.Cl. The van der Waals surface area contributed by atoms with E-state index in [1.54, 1.807) is 31.3 Å². The number of benzene rings is 1. The summed E-state index contributed by atoms with van der Waals surface area (Å²) in [6.07, 6.45) is 0.592. The maximum Gasteiger partial charge on any atom is 0.315 e. The fourth-order valence-electron chi connectivity index (χ4n) is 1.84. The third kappa shape index (κ3) is 6.08. The average molecular weight is 376 g/mol. The number of sulfonamides is 1. The van der Waals surface area contributed by atoms with Crippen molar-refractivity contribution >= 4 is 28.4 Å². The van der Waals surface area contributed by atoms with Crippen LogP contribution in [0.15, 0.2) is 33.6 Å². The molecule has 0 amide bonds. The van der Waals surface area contributed by atoms with Gasteiger partial charge in [-0.3, -0.25) is 0 Å². The molecule has 0 aliphatic rings. The van der Waals surface area contributed by atoms with E-state index in [2.05, 4.69) is 25.6 Å². The van der Waals surface area contributed by atoms with Crippen molar-refractivity contribution in [1.29, 1.82) is 0 Å². The molecule has 0 radical (unpaired) electrons. The van der Waals surface area contributed by atoms with Gasteiger partial charge in [0.25, 0.3) is 0 Å². The fourth-order valence-corrected chi connectivity index (χ4v) is 2.91. The zero-order chi connectivity index (χ0) is 16.7. The maximum atomic E-state index is 12.1. The van der Waals surface area contributed by atoms with Gasteiger partial charge in [0.2, 0.25) is 15.9 Å². The largest absolute Gasteiger partial charge is 0.407 e. The Balaban J connectivity index is 0.00000288. The van der Waals surface area contributed by atoms with Crippen molar-refractivity contribution < 1.29 is 12.8 Å². The van der Waals surface area contributed by atoms with E-state index < -0.39 is 10.0 Å². The molecule has 24 heavy (non-hydrogen) atoms. The summed E-state index contributed by atoms with van der Waals surface area (Å²) in [5.74, 6) is 0.495. The molecule has 0 spiro atoms. The van der Waals surface area contributed by atoms with Crippen LogP contribution in [0.3, 0.4) is 0 Å². The van der Waals surface area contributed by atoms with Crippen LogP contribution in [0.2, 0.25) is 0 Å². The van der Waals surface area contributed by atoms with E-state index in [4.69, 9.17) is 4.42 Å². The molecule has 2 aromatic rings. The molecule has 0 saturated carbocycles. The van der Waals surface area contributed by atoms with Crippen molar-refractivity contribution in [2.24, 2.45) is 0 Å². The van der Waals surface area contributed by atoms with Gasteiger partial charge in [-0.25, -0.2) is 13.1 Å².